The van der Waals surface area contributed by atoms with Gasteiger partial charge in [-0.1, -0.05) is 22.0 Å². The highest BCUT2D eigenvalue weighted by molar-refractivity contribution is 14.1. The molecule has 1 rings (SSSR count). The van der Waals surface area contributed by atoms with Crippen LogP contribution >= 0.6 is 54.5 Å². The van der Waals surface area contributed by atoms with Gasteiger partial charge in [-0.05, 0) is 50.2 Å². The summed E-state index contributed by atoms with van der Waals surface area (Å²) in [6.07, 6.45) is 0. The van der Waals surface area contributed by atoms with Gasteiger partial charge in [0, 0.05) is 8.90 Å². The summed E-state index contributed by atoms with van der Waals surface area (Å²) in [5.74, 6) is -0.178. The zero-order chi connectivity index (χ0) is 8.43. The van der Waals surface area contributed by atoms with Crippen LogP contribution in [0.2, 0.25) is 0 Å². The molecule has 0 aromatic heterocycles. The molecule has 11 heavy (non-hydrogen) atoms. The predicted molar refractivity (Wildman–Crippen MR) is 59.4 cm³/mol. The highest BCUT2D eigenvalue weighted by atomic mass is 127. The first kappa shape index (κ1) is 9.92. The quantitative estimate of drug-likeness (QED) is 0.383. The van der Waals surface area contributed by atoms with Crippen LogP contribution in [-0.2, 0) is 5.33 Å². The fourth-order valence-corrected chi connectivity index (χ4v) is 2.82. The van der Waals surface area contributed by atoms with Gasteiger partial charge in [-0.15, -0.1) is 0 Å². The van der Waals surface area contributed by atoms with Crippen molar-refractivity contribution < 1.29 is 4.39 Å². The second-order valence-corrected chi connectivity index (χ2v) is 4.48. The highest BCUT2D eigenvalue weighted by Gasteiger charge is 2.07. The second-order valence-electron chi connectivity index (χ2n) is 1.97. The fourth-order valence-electron chi connectivity index (χ4n) is 0.669. The van der Waals surface area contributed by atoms with E-state index in [1.165, 1.54) is 0 Å². The van der Waals surface area contributed by atoms with Crippen molar-refractivity contribution in [2.45, 2.75) is 5.33 Å². The molecular formula is C7H4Br2FI. The van der Waals surface area contributed by atoms with Crippen LogP contribution in [0.1, 0.15) is 5.56 Å². The molecule has 0 heterocycles. The molecule has 0 atom stereocenters. The van der Waals surface area contributed by atoms with Gasteiger partial charge in [0.1, 0.15) is 0 Å². The van der Waals surface area contributed by atoms with Gasteiger partial charge in [0.25, 0.3) is 0 Å². The Balaban J connectivity index is 3.25. The smallest absolute Gasteiger partial charge is 0.150 e. The Kier molecular flexibility index (Phi) is 3.77. The first-order chi connectivity index (χ1) is 5.16. The number of rotatable bonds is 1. The van der Waals surface area contributed by atoms with Crippen LogP contribution in [0, 0.1) is 9.39 Å². The molecule has 0 bridgehead atoms. The van der Waals surface area contributed by atoms with Crippen molar-refractivity contribution in [1.82, 2.24) is 0 Å². The maximum atomic E-state index is 13.1. The third kappa shape index (κ3) is 2.15. The van der Waals surface area contributed by atoms with Crippen LogP contribution in [0.15, 0.2) is 16.6 Å². The largest absolute Gasteiger partial charge is 0.205 e. The van der Waals surface area contributed by atoms with E-state index in [0.29, 0.717) is 13.4 Å². The lowest BCUT2D eigenvalue weighted by molar-refractivity contribution is 0.612. The second kappa shape index (κ2) is 4.18. The van der Waals surface area contributed by atoms with Crippen molar-refractivity contribution in [1.29, 1.82) is 0 Å². The molecule has 0 unspecified atom stereocenters. The van der Waals surface area contributed by atoms with Crippen molar-refractivity contribution >= 4 is 54.5 Å². The van der Waals surface area contributed by atoms with Crippen LogP contribution < -0.4 is 0 Å². The summed E-state index contributed by atoms with van der Waals surface area (Å²) in [7, 11) is 0. The number of alkyl halides is 1. The summed E-state index contributed by atoms with van der Waals surface area (Å²) in [5.41, 5.74) is 0.933. The average Bonchev–Trinajstić information content (AvgIpc) is 2.01. The maximum Gasteiger partial charge on any atom is 0.150 e. The van der Waals surface area contributed by atoms with E-state index < -0.39 is 0 Å². The van der Waals surface area contributed by atoms with E-state index in [1.807, 2.05) is 28.7 Å². The summed E-state index contributed by atoms with van der Waals surface area (Å²) in [4.78, 5) is 0. The Morgan fingerprint density at radius 3 is 2.64 bits per heavy atom. The molecule has 0 aliphatic carbocycles. The van der Waals surface area contributed by atoms with E-state index in [1.54, 1.807) is 6.07 Å². The van der Waals surface area contributed by atoms with Crippen LogP contribution in [-0.4, -0.2) is 0 Å². The fraction of sp³-hybridized carbons (Fsp3) is 0.143. The molecule has 0 N–H and O–H groups in total. The molecule has 4 heteroatoms. The lowest BCUT2D eigenvalue weighted by atomic mass is 10.2. The van der Waals surface area contributed by atoms with Gasteiger partial charge in [0.05, 0.1) is 4.47 Å². The topological polar surface area (TPSA) is 0 Å². The number of halogens is 4. The van der Waals surface area contributed by atoms with Gasteiger partial charge < -0.3 is 0 Å². The molecule has 0 saturated carbocycles. The van der Waals surface area contributed by atoms with E-state index in [2.05, 4.69) is 31.9 Å². The van der Waals surface area contributed by atoms with E-state index in [-0.39, 0.29) is 5.82 Å². The minimum Gasteiger partial charge on any atom is -0.205 e. The number of benzene rings is 1. The van der Waals surface area contributed by atoms with E-state index in [4.69, 9.17) is 0 Å². The Morgan fingerprint density at radius 2 is 2.09 bits per heavy atom. The molecule has 0 radical (unpaired) electrons. The highest BCUT2D eigenvalue weighted by Crippen LogP contribution is 2.26. The first-order valence-electron chi connectivity index (χ1n) is 2.85. The molecule has 0 fully saturated rings. The normalized spacial score (nSPS) is 10.2. The molecule has 0 amide bonds. The molecule has 1 aromatic carbocycles. The summed E-state index contributed by atoms with van der Waals surface area (Å²) in [5, 5.41) is 0.668. The minimum atomic E-state index is -0.178. The molecule has 0 spiro atoms. The number of hydrogen-bond acceptors (Lipinski definition) is 0. The van der Waals surface area contributed by atoms with Gasteiger partial charge in [-0.25, -0.2) is 4.39 Å². The van der Waals surface area contributed by atoms with Crippen LogP contribution in [0.4, 0.5) is 4.39 Å². The molecular weight excluding hydrogens is 390 g/mol. The molecule has 1 aromatic rings. The third-order valence-corrected chi connectivity index (χ3v) is 3.55. The third-order valence-electron chi connectivity index (χ3n) is 1.26. The van der Waals surface area contributed by atoms with Gasteiger partial charge in [-0.3, -0.25) is 0 Å². The van der Waals surface area contributed by atoms with Gasteiger partial charge in [0.2, 0.25) is 0 Å². The Hall–Kier alpha value is 0.840. The van der Waals surface area contributed by atoms with Crippen molar-refractivity contribution in [2.24, 2.45) is 0 Å². The van der Waals surface area contributed by atoms with Crippen LogP contribution in [0.25, 0.3) is 0 Å². The summed E-state index contributed by atoms with van der Waals surface area (Å²) >= 11 is 8.41. The van der Waals surface area contributed by atoms with Gasteiger partial charge >= 0.3 is 0 Å². The van der Waals surface area contributed by atoms with Crippen molar-refractivity contribution in [3.63, 3.8) is 0 Å². The maximum absolute atomic E-state index is 13.1. The van der Waals surface area contributed by atoms with Gasteiger partial charge in [0.15, 0.2) is 5.82 Å². The Labute approximate surface area is 95.0 Å². The predicted octanol–water partition coefficient (Wildman–Crippen LogP) is 4.09. The molecule has 60 valence electrons. The standard InChI is InChI=1S/C7H4Br2FI/c8-3-4-1-2-5(11)7(10)6(4)9/h1-2H,3H2. The zero-order valence-corrected chi connectivity index (χ0v) is 10.7. The Bertz CT molecular complexity index is 275. The van der Waals surface area contributed by atoms with E-state index in [0.717, 1.165) is 5.56 Å². The zero-order valence-electron chi connectivity index (χ0n) is 5.37. The lowest BCUT2D eigenvalue weighted by Crippen LogP contribution is -1.88. The molecule has 0 saturated heterocycles. The van der Waals surface area contributed by atoms with E-state index in [9.17, 15) is 4.39 Å². The number of hydrogen-bond donors (Lipinski definition) is 0. The summed E-state index contributed by atoms with van der Waals surface area (Å²) < 4.78 is 14.3. The SMILES string of the molecule is Fc1c(I)ccc(CBr)c1Br. The van der Waals surface area contributed by atoms with Gasteiger partial charge in [-0.2, -0.15) is 0 Å². The minimum absolute atomic E-state index is 0.178. The molecule has 0 aliphatic rings. The van der Waals surface area contributed by atoms with Crippen molar-refractivity contribution in [3.05, 3.63) is 31.6 Å². The molecule has 0 aliphatic heterocycles. The Morgan fingerprint density at radius 1 is 1.45 bits per heavy atom. The van der Waals surface area contributed by atoms with Crippen molar-refractivity contribution in [3.8, 4) is 0 Å². The first-order valence-corrected chi connectivity index (χ1v) is 5.84. The van der Waals surface area contributed by atoms with Crippen LogP contribution in [0.3, 0.4) is 0 Å². The average molecular weight is 394 g/mol. The monoisotopic (exact) mass is 392 g/mol. The summed E-state index contributed by atoms with van der Waals surface area (Å²) in [6.45, 7) is 0. The summed E-state index contributed by atoms with van der Waals surface area (Å²) in [6, 6.07) is 3.65. The van der Waals surface area contributed by atoms with Crippen LogP contribution in [0.5, 0.6) is 0 Å². The lowest BCUT2D eigenvalue weighted by Gasteiger charge is -2.02. The van der Waals surface area contributed by atoms with E-state index >= 15 is 0 Å². The van der Waals surface area contributed by atoms with Crippen molar-refractivity contribution in [2.75, 3.05) is 0 Å². The molecule has 0 nitrogen and oxygen atoms in total.